The maximum absolute atomic E-state index is 11.1. The molecule has 6 aromatic rings. The Balaban J connectivity index is 0.00000400. The van der Waals surface area contributed by atoms with E-state index >= 15 is 0 Å². The van der Waals surface area contributed by atoms with Gasteiger partial charge in [-0.1, -0.05) is 88.9 Å². The number of aryl methyl sites for hydroxylation is 1. The van der Waals surface area contributed by atoms with Gasteiger partial charge in [-0.25, -0.2) is 4.98 Å². The molecule has 3 heterocycles. The van der Waals surface area contributed by atoms with Gasteiger partial charge in [0.1, 0.15) is 5.82 Å². The predicted molar refractivity (Wildman–Crippen MR) is 170 cm³/mol. The van der Waals surface area contributed by atoms with Gasteiger partial charge in [-0.05, 0) is 75.6 Å². The van der Waals surface area contributed by atoms with E-state index in [1.165, 1.54) is 11.6 Å². The fraction of sp³-hybridized carbons (Fsp3) is 0.243. The molecule has 0 aliphatic carbocycles. The van der Waals surface area contributed by atoms with Gasteiger partial charge in [0.05, 0.1) is 17.1 Å². The molecule has 4 nitrogen and oxygen atoms in total. The van der Waals surface area contributed by atoms with Crippen molar-refractivity contribution in [2.75, 3.05) is 0 Å². The third-order valence-corrected chi connectivity index (χ3v) is 7.70. The van der Waals surface area contributed by atoms with Crippen molar-refractivity contribution in [3.05, 3.63) is 108 Å². The van der Waals surface area contributed by atoms with Gasteiger partial charge in [-0.3, -0.25) is 4.98 Å². The van der Waals surface area contributed by atoms with E-state index in [1.54, 1.807) is 18.3 Å². The number of aromatic nitrogens is 3. The number of fused-ring (bicyclic) bond motifs is 3. The van der Waals surface area contributed by atoms with Crippen LogP contribution in [0.3, 0.4) is 0 Å². The largest absolute Gasteiger partial charge is 0.517 e. The predicted octanol–water partition coefficient (Wildman–Crippen LogP) is 9.31. The summed E-state index contributed by atoms with van der Waals surface area (Å²) in [6.45, 7) is 10.7. The molecular weight excluding hydrogens is 698 g/mol. The normalized spacial score (nSPS) is 13.4. The van der Waals surface area contributed by atoms with Crippen LogP contribution in [-0.2, 0) is 31.9 Å². The first kappa shape index (κ1) is 25.9. The zero-order valence-corrected chi connectivity index (χ0v) is 27.0. The van der Waals surface area contributed by atoms with Crippen molar-refractivity contribution in [2.45, 2.75) is 59.2 Å². The second-order valence-electron chi connectivity index (χ2n) is 12.7. The number of hydrogen-bond donors (Lipinski definition) is 1. The number of nitrogens with zero attached hydrogens (tertiary/aromatic N) is 3. The van der Waals surface area contributed by atoms with Crippen LogP contribution in [0.25, 0.3) is 50.1 Å². The number of hydrogen-bond acceptors (Lipinski definition) is 3. The van der Waals surface area contributed by atoms with Crippen molar-refractivity contribution in [2.24, 2.45) is 0 Å². The molecule has 0 saturated carbocycles. The van der Waals surface area contributed by atoms with Crippen molar-refractivity contribution >= 4 is 21.8 Å². The molecule has 0 aliphatic heterocycles. The maximum Gasteiger partial charge on any atom is 0.137 e. The standard InChI is InChI=1S/C37H36N3O.Pt/c1-23-11-10-12-27(35(23)41)24-14-16-28-29-20-25(36(2,3)4)15-17-32(29)40(33(28)19-24)34-22-26(37(5,6)7)21-31(39-34)30-13-8-9-18-38-30;/h8-18,20-22,41H,1-7H3;/q-1;/i1D3;. The molecule has 42 heavy (non-hydrogen) atoms. The summed E-state index contributed by atoms with van der Waals surface area (Å²) < 4.78 is 25.8. The van der Waals surface area contributed by atoms with E-state index in [4.69, 9.17) is 9.10 Å². The summed E-state index contributed by atoms with van der Waals surface area (Å²) >= 11 is 0. The second-order valence-corrected chi connectivity index (χ2v) is 12.7. The number of phenols is 1. The Bertz CT molecular complexity index is 2040. The Hall–Kier alpha value is -3.75. The molecule has 6 rings (SSSR count). The molecule has 3 aromatic carbocycles. The van der Waals surface area contributed by atoms with Crippen LogP contribution in [0.1, 0.15) is 62.3 Å². The third kappa shape index (κ3) is 5.29. The van der Waals surface area contributed by atoms with E-state index in [-0.39, 0.29) is 43.2 Å². The molecular formula is C37H36N3OPt-. The van der Waals surface area contributed by atoms with E-state index in [1.807, 2.05) is 30.3 Å². The smallest absolute Gasteiger partial charge is 0.137 e. The zero-order valence-electron chi connectivity index (χ0n) is 27.7. The summed E-state index contributed by atoms with van der Waals surface area (Å²) in [7, 11) is 0. The van der Waals surface area contributed by atoms with Gasteiger partial charge in [0.2, 0.25) is 0 Å². The molecule has 0 atom stereocenters. The number of pyridine rings is 2. The molecule has 216 valence electrons. The fourth-order valence-electron chi connectivity index (χ4n) is 5.27. The average molecular weight is 737 g/mol. The second kappa shape index (κ2) is 10.8. The summed E-state index contributed by atoms with van der Waals surface area (Å²) in [6.07, 6.45) is 1.77. The van der Waals surface area contributed by atoms with Crippen LogP contribution in [0.2, 0.25) is 0 Å². The number of aromatic hydroxyl groups is 1. The maximum atomic E-state index is 11.1. The Morgan fingerprint density at radius 2 is 1.57 bits per heavy atom. The van der Waals surface area contributed by atoms with E-state index < -0.39 is 6.85 Å². The number of phenolic OH excluding ortho intramolecular Hbond substituents is 1. The van der Waals surface area contributed by atoms with Crippen molar-refractivity contribution < 1.29 is 30.3 Å². The van der Waals surface area contributed by atoms with Gasteiger partial charge in [0, 0.05) is 36.9 Å². The van der Waals surface area contributed by atoms with Crippen LogP contribution in [0.15, 0.2) is 85.1 Å². The number of benzene rings is 3. The van der Waals surface area contributed by atoms with Gasteiger partial charge < -0.3 is 9.67 Å². The molecule has 0 bridgehead atoms. The molecule has 0 aliphatic rings. The topological polar surface area (TPSA) is 50.9 Å². The van der Waals surface area contributed by atoms with Gasteiger partial charge >= 0.3 is 0 Å². The summed E-state index contributed by atoms with van der Waals surface area (Å²) in [6, 6.07) is 28.9. The molecule has 0 amide bonds. The molecule has 0 spiro atoms. The van der Waals surface area contributed by atoms with Crippen LogP contribution in [0.5, 0.6) is 5.75 Å². The molecule has 1 N–H and O–H groups in total. The SMILES string of the molecule is [2H]C([2H])([2H])c1cccc(-c2[c-]c3c(cc2)c2cc(C(C)(C)C)ccc2n3-c2cc(C(C)(C)C)cc(-c3ccccn3)n2)c1O.[Pt]. The molecule has 0 saturated heterocycles. The Labute approximate surface area is 267 Å². The van der Waals surface area contributed by atoms with Gasteiger partial charge in [0.25, 0.3) is 0 Å². The molecule has 0 radical (unpaired) electrons. The summed E-state index contributed by atoms with van der Waals surface area (Å²) in [5.41, 5.74) is 6.36. The molecule has 0 unspecified atom stereocenters. The van der Waals surface area contributed by atoms with Crippen molar-refractivity contribution in [3.8, 4) is 34.1 Å². The fourth-order valence-corrected chi connectivity index (χ4v) is 5.27. The third-order valence-electron chi connectivity index (χ3n) is 7.70. The summed E-state index contributed by atoms with van der Waals surface area (Å²) in [5.74, 6) is 0.474. The van der Waals surface area contributed by atoms with Crippen molar-refractivity contribution in [1.29, 1.82) is 0 Å². The Kier molecular flexibility index (Phi) is 6.68. The van der Waals surface area contributed by atoms with Gasteiger partial charge in [-0.2, -0.15) is 0 Å². The van der Waals surface area contributed by atoms with E-state index in [2.05, 4.69) is 87.5 Å². The molecule has 3 aromatic heterocycles. The Morgan fingerprint density at radius 1 is 0.786 bits per heavy atom. The van der Waals surface area contributed by atoms with Crippen LogP contribution >= 0.6 is 0 Å². The van der Waals surface area contributed by atoms with E-state index in [9.17, 15) is 5.11 Å². The first-order valence-electron chi connectivity index (χ1n) is 15.4. The van der Waals surface area contributed by atoms with Crippen LogP contribution < -0.4 is 0 Å². The first-order valence-corrected chi connectivity index (χ1v) is 13.9. The minimum Gasteiger partial charge on any atom is -0.517 e. The van der Waals surface area contributed by atoms with Crippen molar-refractivity contribution in [1.82, 2.24) is 14.5 Å². The quantitative estimate of drug-likeness (QED) is 0.184. The monoisotopic (exact) mass is 736 g/mol. The van der Waals surface area contributed by atoms with Crippen LogP contribution in [0.4, 0.5) is 0 Å². The van der Waals surface area contributed by atoms with Gasteiger partial charge in [0.15, 0.2) is 0 Å². The van der Waals surface area contributed by atoms with Crippen LogP contribution in [0, 0.1) is 12.9 Å². The molecule has 5 heteroatoms. The van der Waals surface area contributed by atoms with Gasteiger partial charge in [-0.15, -0.1) is 23.8 Å². The zero-order chi connectivity index (χ0) is 31.6. The van der Waals surface area contributed by atoms with Crippen molar-refractivity contribution in [3.63, 3.8) is 0 Å². The number of rotatable bonds is 3. The summed E-state index contributed by atoms with van der Waals surface area (Å²) in [5, 5.41) is 13.1. The minimum atomic E-state index is -2.44. The Morgan fingerprint density at radius 3 is 2.26 bits per heavy atom. The first-order chi connectivity index (χ1) is 20.6. The van der Waals surface area contributed by atoms with Crippen LogP contribution in [-0.4, -0.2) is 19.6 Å². The number of para-hydroxylation sites is 1. The van der Waals surface area contributed by atoms with E-state index in [0.717, 1.165) is 44.6 Å². The summed E-state index contributed by atoms with van der Waals surface area (Å²) in [4.78, 5) is 9.75. The minimum absolute atomic E-state index is 0. The average Bonchev–Trinajstić information content (AvgIpc) is 3.29. The van der Waals surface area contributed by atoms with E-state index in [0.29, 0.717) is 11.1 Å². The molecule has 0 fully saturated rings.